The monoisotopic (exact) mass is 339 g/mol. The lowest BCUT2D eigenvalue weighted by Gasteiger charge is -2.37. The zero-order valence-electron chi connectivity index (χ0n) is 14.8. The molecule has 5 nitrogen and oxygen atoms in total. The van der Waals surface area contributed by atoms with Crippen LogP contribution >= 0.6 is 0 Å². The number of para-hydroxylation sites is 1. The molecule has 25 heavy (non-hydrogen) atoms. The first-order chi connectivity index (χ1) is 12.2. The predicted octanol–water partition coefficient (Wildman–Crippen LogP) is 2.62. The van der Waals surface area contributed by atoms with Crippen molar-refractivity contribution >= 4 is 22.5 Å². The Labute approximate surface area is 148 Å². The number of carbonyl (C=O) groups excluding carboxylic acids is 1. The predicted molar refractivity (Wildman–Crippen MR) is 98.8 cm³/mol. The molecule has 5 heteroatoms. The standard InChI is InChI=1S/C20H25N3O2/c1-15-13-19(17-6-2-3-7-18(17)21-15)23-8-4-5-16(14-23)20(24)22-9-11-25-12-10-22/h2-3,6-7,13,16H,4-5,8-12,14H2,1H3/t16-/m0/s1. The molecule has 0 spiro atoms. The molecule has 1 atom stereocenters. The third kappa shape index (κ3) is 3.33. The number of hydrogen-bond acceptors (Lipinski definition) is 4. The molecule has 0 unspecified atom stereocenters. The fraction of sp³-hybridized carbons (Fsp3) is 0.500. The van der Waals surface area contributed by atoms with Gasteiger partial charge in [-0.05, 0) is 31.9 Å². The van der Waals surface area contributed by atoms with Gasteiger partial charge in [0.1, 0.15) is 0 Å². The summed E-state index contributed by atoms with van der Waals surface area (Å²) >= 11 is 0. The van der Waals surface area contributed by atoms with Crippen LogP contribution in [0.4, 0.5) is 5.69 Å². The molecule has 0 aliphatic carbocycles. The minimum Gasteiger partial charge on any atom is -0.378 e. The second-order valence-corrected chi connectivity index (χ2v) is 7.02. The molecule has 1 aromatic heterocycles. The lowest BCUT2D eigenvalue weighted by molar-refractivity contribution is -0.139. The van der Waals surface area contributed by atoms with Gasteiger partial charge in [-0.2, -0.15) is 0 Å². The first-order valence-corrected chi connectivity index (χ1v) is 9.20. The van der Waals surface area contributed by atoms with E-state index in [4.69, 9.17) is 4.74 Å². The number of piperidine rings is 1. The molecule has 4 rings (SSSR count). The summed E-state index contributed by atoms with van der Waals surface area (Å²) < 4.78 is 5.38. The Morgan fingerprint density at radius 1 is 1.20 bits per heavy atom. The van der Waals surface area contributed by atoms with E-state index in [1.807, 2.05) is 17.9 Å². The molecular weight excluding hydrogens is 314 g/mol. The maximum atomic E-state index is 12.9. The van der Waals surface area contributed by atoms with E-state index in [0.29, 0.717) is 19.1 Å². The largest absolute Gasteiger partial charge is 0.378 e. The summed E-state index contributed by atoms with van der Waals surface area (Å²) in [7, 11) is 0. The van der Waals surface area contributed by atoms with Crippen LogP contribution < -0.4 is 4.90 Å². The van der Waals surface area contributed by atoms with Gasteiger partial charge >= 0.3 is 0 Å². The molecule has 2 aliphatic rings. The van der Waals surface area contributed by atoms with Gasteiger partial charge in [-0.1, -0.05) is 18.2 Å². The zero-order valence-corrected chi connectivity index (χ0v) is 14.8. The Hall–Kier alpha value is -2.14. The van der Waals surface area contributed by atoms with Gasteiger partial charge in [0.2, 0.25) is 5.91 Å². The Morgan fingerprint density at radius 3 is 2.84 bits per heavy atom. The lowest BCUT2D eigenvalue weighted by Crippen LogP contribution is -2.48. The van der Waals surface area contributed by atoms with Crippen molar-refractivity contribution in [3.8, 4) is 0 Å². The number of fused-ring (bicyclic) bond motifs is 1. The minimum atomic E-state index is 0.0825. The topological polar surface area (TPSA) is 45.7 Å². The SMILES string of the molecule is Cc1cc(N2CCC[C@H](C(=O)N3CCOCC3)C2)c2ccccc2n1. The summed E-state index contributed by atoms with van der Waals surface area (Å²) in [4.78, 5) is 21.9. The average Bonchev–Trinajstić information content (AvgIpc) is 2.67. The first-order valence-electron chi connectivity index (χ1n) is 9.20. The molecule has 132 valence electrons. The average molecular weight is 339 g/mol. The quantitative estimate of drug-likeness (QED) is 0.844. The van der Waals surface area contributed by atoms with Crippen LogP contribution in [-0.4, -0.2) is 55.2 Å². The van der Waals surface area contributed by atoms with Crippen molar-refractivity contribution in [1.29, 1.82) is 0 Å². The summed E-state index contributed by atoms with van der Waals surface area (Å²) in [6.07, 6.45) is 2.03. The van der Waals surface area contributed by atoms with Crippen molar-refractivity contribution in [3.63, 3.8) is 0 Å². The molecule has 1 amide bonds. The van der Waals surface area contributed by atoms with Crippen molar-refractivity contribution in [3.05, 3.63) is 36.0 Å². The highest BCUT2D eigenvalue weighted by atomic mass is 16.5. The van der Waals surface area contributed by atoms with Gasteiger partial charge in [0.05, 0.1) is 24.6 Å². The molecule has 2 aromatic rings. The fourth-order valence-electron chi connectivity index (χ4n) is 3.99. The summed E-state index contributed by atoms with van der Waals surface area (Å²) in [5, 5.41) is 1.17. The van der Waals surface area contributed by atoms with E-state index >= 15 is 0 Å². The second-order valence-electron chi connectivity index (χ2n) is 7.02. The molecular formula is C20H25N3O2. The van der Waals surface area contributed by atoms with Crippen LogP contribution in [0.2, 0.25) is 0 Å². The highest BCUT2D eigenvalue weighted by molar-refractivity contribution is 5.92. The molecule has 3 heterocycles. The van der Waals surface area contributed by atoms with Crippen LogP contribution in [0.15, 0.2) is 30.3 Å². The van der Waals surface area contributed by atoms with E-state index in [2.05, 4.69) is 34.1 Å². The van der Waals surface area contributed by atoms with Crippen molar-refractivity contribution in [1.82, 2.24) is 9.88 Å². The first kappa shape index (κ1) is 16.3. The van der Waals surface area contributed by atoms with Crippen molar-refractivity contribution in [2.45, 2.75) is 19.8 Å². The van der Waals surface area contributed by atoms with Gasteiger partial charge < -0.3 is 14.5 Å². The third-order valence-electron chi connectivity index (χ3n) is 5.26. The smallest absolute Gasteiger partial charge is 0.227 e. The maximum absolute atomic E-state index is 12.9. The number of rotatable bonds is 2. The number of pyridine rings is 1. The molecule has 0 saturated carbocycles. The van der Waals surface area contributed by atoms with Crippen LogP contribution in [0.5, 0.6) is 0 Å². The number of aryl methyl sites for hydroxylation is 1. The summed E-state index contributed by atoms with van der Waals surface area (Å²) in [5.41, 5.74) is 3.26. The van der Waals surface area contributed by atoms with Crippen LogP contribution in [0.3, 0.4) is 0 Å². The van der Waals surface area contributed by atoms with E-state index in [0.717, 1.165) is 50.2 Å². The Bertz CT molecular complexity index is 771. The highest BCUT2D eigenvalue weighted by Crippen LogP contribution is 2.31. The molecule has 0 N–H and O–H groups in total. The van der Waals surface area contributed by atoms with Gasteiger partial charge in [-0.3, -0.25) is 9.78 Å². The Morgan fingerprint density at radius 2 is 2.00 bits per heavy atom. The van der Waals surface area contributed by atoms with E-state index in [9.17, 15) is 4.79 Å². The maximum Gasteiger partial charge on any atom is 0.227 e. The van der Waals surface area contributed by atoms with Gasteiger partial charge in [-0.15, -0.1) is 0 Å². The zero-order chi connectivity index (χ0) is 17.2. The summed E-state index contributed by atoms with van der Waals surface area (Å²) in [6, 6.07) is 10.4. The van der Waals surface area contributed by atoms with Crippen molar-refractivity contribution < 1.29 is 9.53 Å². The lowest BCUT2D eigenvalue weighted by atomic mass is 9.95. The number of hydrogen-bond donors (Lipinski definition) is 0. The van der Waals surface area contributed by atoms with Crippen LogP contribution in [0.1, 0.15) is 18.5 Å². The number of aromatic nitrogens is 1. The molecule has 2 fully saturated rings. The van der Waals surface area contributed by atoms with Crippen LogP contribution in [0.25, 0.3) is 10.9 Å². The fourth-order valence-corrected chi connectivity index (χ4v) is 3.99. The number of carbonyl (C=O) groups is 1. The normalized spacial score (nSPS) is 21.6. The number of benzene rings is 1. The Balaban J connectivity index is 1.58. The Kier molecular flexibility index (Phi) is 4.57. The number of ether oxygens (including phenoxy) is 1. The molecule has 2 aliphatic heterocycles. The third-order valence-corrected chi connectivity index (χ3v) is 5.26. The number of nitrogens with zero attached hydrogens (tertiary/aromatic N) is 3. The van der Waals surface area contributed by atoms with Crippen molar-refractivity contribution in [2.24, 2.45) is 5.92 Å². The number of morpholine rings is 1. The number of amides is 1. The van der Waals surface area contributed by atoms with Crippen LogP contribution in [0, 0.1) is 12.8 Å². The van der Waals surface area contributed by atoms with Crippen molar-refractivity contribution in [2.75, 3.05) is 44.3 Å². The second kappa shape index (κ2) is 7.00. The molecule has 1 aromatic carbocycles. The minimum absolute atomic E-state index is 0.0825. The van der Waals surface area contributed by atoms with Gasteiger partial charge in [-0.25, -0.2) is 0 Å². The van der Waals surface area contributed by atoms with E-state index in [1.54, 1.807) is 0 Å². The number of anilines is 1. The van der Waals surface area contributed by atoms with E-state index in [1.165, 1.54) is 11.1 Å². The summed E-state index contributed by atoms with van der Waals surface area (Å²) in [5.74, 6) is 0.377. The van der Waals surface area contributed by atoms with Crippen LogP contribution in [-0.2, 0) is 9.53 Å². The van der Waals surface area contributed by atoms with E-state index < -0.39 is 0 Å². The van der Waals surface area contributed by atoms with Gasteiger partial charge in [0.25, 0.3) is 0 Å². The van der Waals surface area contributed by atoms with Gasteiger partial charge in [0, 0.05) is 42.9 Å². The molecule has 2 saturated heterocycles. The molecule has 0 bridgehead atoms. The van der Waals surface area contributed by atoms with Gasteiger partial charge in [0.15, 0.2) is 0 Å². The highest BCUT2D eigenvalue weighted by Gasteiger charge is 2.30. The molecule has 0 radical (unpaired) electrons. The van der Waals surface area contributed by atoms with E-state index in [-0.39, 0.29) is 5.92 Å². The summed E-state index contributed by atoms with van der Waals surface area (Å²) in [6.45, 7) is 6.62.